The molecule has 0 spiro atoms. The van der Waals surface area contributed by atoms with Crippen molar-refractivity contribution in [2.24, 2.45) is 0 Å². The van der Waals surface area contributed by atoms with Crippen LogP contribution in [0.2, 0.25) is 0 Å². The lowest BCUT2D eigenvalue weighted by Gasteiger charge is -2.18. The maximum absolute atomic E-state index is 12.9. The Bertz CT molecular complexity index is 1040. The molecule has 1 aromatic heterocycles. The van der Waals surface area contributed by atoms with E-state index in [2.05, 4.69) is 5.10 Å². The number of carbonyl (C=O) groups excluding carboxylic acids is 1. The first kappa shape index (κ1) is 19.0. The van der Waals surface area contributed by atoms with E-state index < -0.39 is 9.84 Å². The van der Waals surface area contributed by atoms with Crippen LogP contribution in [0.4, 0.5) is 0 Å². The van der Waals surface area contributed by atoms with Gasteiger partial charge in [0, 0.05) is 36.8 Å². The van der Waals surface area contributed by atoms with Gasteiger partial charge >= 0.3 is 0 Å². The van der Waals surface area contributed by atoms with E-state index in [1.165, 1.54) is 0 Å². The molecule has 4 rings (SSSR count). The normalized spacial score (nSPS) is 20.0. The fourth-order valence-corrected chi connectivity index (χ4v) is 5.79. The Balaban J connectivity index is 1.53. The van der Waals surface area contributed by atoms with Crippen molar-refractivity contribution in [3.8, 4) is 5.75 Å². The van der Waals surface area contributed by atoms with Crippen molar-refractivity contribution in [3.63, 3.8) is 0 Å². The second-order valence-electron chi connectivity index (χ2n) is 7.73. The van der Waals surface area contributed by atoms with E-state index in [0.29, 0.717) is 25.1 Å². The smallest absolute Gasteiger partial charge is 0.253 e. The van der Waals surface area contributed by atoms with E-state index >= 15 is 0 Å². The van der Waals surface area contributed by atoms with E-state index in [1.54, 1.807) is 18.0 Å². The lowest BCUT2D eigenvalue weighted by molar-refractivity contribution is 0.0784. The van der Waals surface area contributed by atoms with Gasteiger partial charge in [-0.15, -0.1) is 0 Å². The first-order chi connectivity index (χ1) is 13.2. The van der Waals surface area contributed by atoms with Crippen molar-refractivity contribution in [1.29, 1.82) is 0 Å². The molecule has 28 heavy (non-hydrogen) atoms. The van der Waals surface area contributed by atoms with Crippen LogP contribution < -0.4 is 4.74 Å². The van der Waals surface area contributed by atoms with Gasteiger partial charge in [0.25, 0.3) is 5.91 Å². The number of carbonyl (C=O) groups is 1. The van der Waals surface area contributed by atoms with Crippen LogP contribution >= 0.6 is 0 Å². The summed E-state index contributed by atoms with van der Waals surface area (Å²) in [7, 11) is -1.20. The van der Waals surface area contributed by atoms with Gasteiger partial charge in [0.15, 0.2) is 9.84 Å². The summed E-state index contributed by atoms with van der Waals surface area (Å²) in [4.78, 5) is 14.6. The Morgan fingerprint density at radius 3 is 2.86 bits per heavy atom. The summed E-state index contributed by atoms with van der Waals surface area (Å²) in [5.74, 6) is 1.16. The predicted molar refractivity (Wildman–Crippen MR) is 105 cm³/mol. The van der Waals surface area contributed by atoms with Crippen molar-refractivity contribution < 1.29 is 17.9 Å². The van der Waals surface area contributed by atoms with Gasteiger partial charge in [-0.1, -0.05) is 0 Å². The van der Waals surface area contributed by atoms with Gasteiger partial charge in [-0.25, -0.2) is 8.42 Å². The standard InChI is InChI=1S/C20H25N3O4S/c1-13-18(14(2)23(21-13)17-7-9-28(25,26)12-17)11-22(3)20(24)16-4-5-19-15(10-16)6-8-27-19/h4-5,10,17H,6-9,11-12H2,1-3H3. The number of ether oxygens (including phenoxy) is 1. The third-order valence-corrected chi connectivity index (χ3v) is 7.46. The van der Waals surface area contributed by atoms with Crippen molar-refractivity contribution in [3.05, 3.63) is 46.3 Å². The monoisotopic (exact) mass is 403 g/mol. The lowest BCUT2D eigenvalue weighted by Crippen LogP contribution is -2.27. The van der Waals surface area contributed by atoms with Crippen LogP contribution in [0.1, 0.15) is 45.3 Å². The van der Waals surface area contributed by atoms with Crippen LogP contribution in [0.3, 0.4) is 0 Å². The number of rotatable bonds is 4. The van der Waals surface area contributed by atoms with Crippen molar-refractivity contribution >= 4 is 15.7 Å². The zero-order valence-corrected chi connectivity index (χ0v) is 17.3. The van der Waals surface area contributed by atoms with Crippen LogP contribution in [0.15, 0.2) is 18.2 Å². The average Bonchev–Trinajstić information content (AvgIpc) is 3.33. The molecule has 1 atom stereocenters. The highest BCUT2D eigenvalue weighted by atomic mass is 32.2. The Hall–Kier alpha value is -2.35. The number of amides is 1. The molecule has 1 aromatic carbocycles. The molecule has 3 heterocycles. The minimum atomic E-state index is -2.98. The molecular formula is C20H25N3O4S. The van der Waals surface area contributed by atoms with E-state index in [1.807, 2.05) is 30.7 Å². The highest BCUT2D eigenvalue weighted by Crippen LogP contribution is 2.28. The molecule has 0 N–H and O–H groups in total. The molecular weight excluding hydrogens is 378 g/mol. The largest absolute Gasteiger partial charge is 0.493 e. The Kier molecular flexibility index (Phi) is 4.69. The van der Waals surface area contributed by atoms with Crippen LogP contribution in [-0.4, -0.2) is 54.2 Å². The number of aryl methyl sites for hydroxylation is 1. The summed E-state index contributed by atoms with van der Waals surface area (Å²) in [6.07, 6.45) is 1.42. The van der Waals surface area contributed by atoms with Crippen molar-refractivity contribution in [2.75, 3.05) is 25.2 Å². The minimum absolute atomic E-state index is 0.0512. The molecule has 0 aliphatic carbocycles. The number of aromatic nitrogens is 2. The Labute approximate surface area is 165 Å². The fraction of sp³-hybridized carbons (Fsp3) is 0.500. The molecule has 2 aliphatic heterocycles. The highest BCUT2D eigenvalue weighted by molar-refractivity contribution is 7.91. The summed E-state index contributed by atoms with van der Waals surface area (Å²) in [6, 6.07) is 5.46. The second-order valence-corrected chi connectivity index (χ2v) is 9.96. The van der Waals surface area contributed by atoms with Crippen molar-refractivity contribution in [1.82, 2.24) is 14.7 Å². The summed E-state index contributed by atoms with van der Waals surface area (Å²) in [5, 5.41) is 4.59. The van der Waals surface area contributed by atoms with Crippen molar-refractivity contribution in [2.45, 2.75) is 39.3 Å². The minimum Gasteiger partial charge on any atom is -0.493 e. The zero-order valence-electron chi connectivity index (χ0n) is 16.4. The van der Waals surface area contributed by atoms with Crippen LogP contribution in [0.25, 0.3) is 0 Å². The number of nitrogens with zero attached hydrogens (tertiary/aromatic N) is 3. The summed E-state index contributed by atoms with van der Waals surface area (Å²) in [5.41, 5.74) is 4.47. The molecule has 2 aromatic rings. The summed E-state index contributed by atoms with van der Waals surface area (Å²) < 4.78 is 31.0. The molecule has 0 bridgehead atoms. The Morgan fingerprint density at radius 1 is 1.36 bits per heavy atom. The van der Waals surface area contributed by atoms with Crippen LogP contribution in [0.5, 0.6) is 5.75 Å². The molecule has 1 unspecified atom stereocenters. The number of benzene rings is 1. The zero-order chi connectivity index (χ0) is 20.1. The van der Waals surface area contributed by atoms with Gasteiger partial charge in [0.05, 0.1) is 29.8 Å². The molecule has 1 saturated heterocycles. The van der Waals surface area contributed by atoms with Gasteiger partial charge in [0.2, 0.25) is 0 Å². The predicted octanol–water partition coefficient (Wildman–Crippen LogP) is 2.07. The van der Waals surface area contributed by atoms with Gasteiger partial charge in [-0.05, 0) is 44.0 Å². The first-order valence-electron chi connectivity index (χ1n) is 9.51. The van der Waals surface area contributed by atoms with Gasteiger partial charge in [0.1, 0.15) is 5.75 Å². The third kappa shape index (κ3) is 3.41. The molecule has 2 aliphatic rings. The first-order valence-corrected chi connectivity index (χ1v) is 11.3. The van der Waals surface area contributed by atoms with E-state index in [0.717, 1.165) is 34.7 Å². The Morgan fingerprint density at radius 2 is 2.14 bits per heavy atom. The number of fused-ring (bicyclic) bond motifs is 1. The van der Waals surface area contributed by atoms with Gasteiger partial charge in [-0.3, -0.25) is 9.48 Å². The van der Waals surface area contributed by atoms with Crippen LogP contribution in [0, 0.1) is 13.8 Å². The van der Waals surface area contributed by atoms with E-state index in [9.17, 15) is 13.2 Å². The molecule has 1 fully saturated rings. The number of hydrogen-bond donors (Lipinski definition) is 0. The van der Waals surface area contributed by atoms with E-state index in [4.69, 9.17) is 4.74 Å². The topological polar surface area (TPSA) is 81.5 Å². The molecule has 0 saturated carbocycles. The van der Waals surface area contributed by atoms with Crippen LogP contribution in [-0.2, 0) is 22.8 Å². The lowest BCUT2D eigenvalue weighted by atomic mass is 10.1. The summed E-state index contributed by atoms with van der Waals surface area (Å²) >= 11 is 0. The highest BCUT2D eigenvalue weighted by Gasteiger charge is 2.31. The quantitative estimate of drug-likeness (QED) is 0.781. The number of sulfone groups is 1. The van der Waals surface area contributed by atoms with Gasteiger partial charge < -0.3 is 9.64 Å². The molecule has 1 amide bonds. The maximum atomic E-state index is 12.9. The third-order valence-electron chi connectivity index (χ3n) is 5.71. The SMILES string of the molecule is Cc1nn(C2CCS(=O)(=O)C2)c(C)c1CN(C)C(=O)c1ccc2c(c1)CCO2. The van der Waals surface area contributed by atoms with E-state index in [-0.39, 0.29) is 23.5 Å². The second kappa shape index (κ2) is 6.92. The molecule has 150 valence electrons. The molecule has 8 heteroatoms. The summed E-state index contributed by atoms with van der Waals surface area (Å²) in [6.45, 7) is 4.96. The number of hydrogen-bond acceptors (Lipinski definition) is 5. The maximum Gasteiger partial charge on any atom is 0.253 e. The molecule has 7 nitrogen and oxygen atoms in total. The average molecular weight is 404 g/mol. The van der Waals surface area contributed by atoms with Gasteiger partial charge in [-0.2, -0.15) is 5.10 Å². The molecule has 0 radical (unpaired) electrons. The fourth-order valence-electron chi connectivity index (χ4n) is 4.10.